The molecule has 1 aliphatic carbocycles. The predicted molar refractivity (Wildman–Crippen MR) is 76.0 cm³/mol. The van der Waals surface area contributed by atoms with Crippen LogP contribution >= 0.6 is 0 Å². The molecule has 1 aliphatic rings. The van der Waals surface area contributed by atoms with Gasteiger partial charge in [-0.1, -0.05) is 25.0 Å². The summed E-state index contributed by atoms with van der Waals surface area (Å²) in [5, 5.41) is -0.191. The molecule has 0 saturated heterocycles. The molecule has 0 spiro atoms. The lowest BCUT2D eigenvalue weighted by Crippen LogP contribution is -2.28. The topological polar surface area (TPSA) is 69.4 Å². The van der Waals surface area contributed by atoms with Crippen LogP contribution in [-0.2, 0) is 9.84 Å². The van der Waals surface area contributed by atoms with Crippen LogP contribution in [0, 0.1) is 0 Å². The minimum atomic E-state index is -3.09. The van der Waals surface area contributed by atoms with Crippen molar-refractivity contribution in [1.82, 2.24) is 0 Å². The summed E-state index contributed by atoms with van der Waals surface area (Å²) in [6.07, 6.45) is 3.59. The van der Waals surface area contributed by atoms with Crippen LogP contribution in [0.5, 0.6) is 5.75 Å². The monoisotopic (exact) mass is 283 g/mol. The second-order valence-corrected chi connectivity index (χ2v) is 7.44. The lowest BCUT2D eigenvalue weighted by molar-refractivity contribution is 0.414. The highest BCUT2D eigenvalue weighted by molar-refractivity contribution is 7.92. The molecule has 1 aromatic carbocycles. The average molecular weight is 283 g/mol. The predicted octanol–water partition coefficient (Wildman–Crippen LogP) is 2.05. The number of methoxy groups -OCH3 is 1. The summed E-state index contributed by atoms with van der Waals surface area (Å²) in [5.74, 6) is 0.719. The SMILES string of the molecule is COc1cccc(C(N)CS(=O)(=O)C2CCCC2)c1. The largest absolute Gasteiger partial charge is 0.497 e. The van der Waals surface area contributed by atoms with Gasteiger partial charge in [0.1, 0.15) is 5.75 Å². The van der Waals surface area contributed by atoms with Crippen LogP contribution in [0.2, 0.25) is 0 Å². The molecule has 2 rings (SSSR count). The Morgan fingerprint density at radius 3 is 2.68 bits per heavy atom. The maximum atomic E-state index is 12.3. The second-order valence-electron chi connectivity index (χ2n) is 5.12. The first-order valence-corrected chi connectivity index (χ1v) is 8.35. The number of rotatable bonds is 5. The molecular weight excluding hydrogens is 262 g/mol. The lowest BCUT2D eigenvalue weighted by atomic mass is 10.1. The smallest absolute Gasteiger partial charge is 0.155 e. The molecule has 1 fully saturated rings. The fourth-order valence-corrected chi connectivity index (χ4v) is 4.62. The Balaban J connectivity index is 2.09. The van der Waals surface area contributed by atoms with Gasteiger partial charge in [-0.15, -0.1) is 0 Å². The highest BCUT2D eigenvalue weighted by Crippen LogP contribution is 2.27. The Labute approximate surface area is 114 Å². The number of hydrogen-bond acceptors (Lipinski definition) is 4. The van der Waals surface area contributed by atoms with Crippen LogP contribution in [0.1, 0.15) is 37.3 Å². The number of nitrogens with two attached hydrogens (primary N) is 1. The Kier molecular flexibility index (Phi) is 4.47. The van der Waals surface area contributed by atoms with Gasteiger partial charge >= 0.3 is 0 Å². The second kappa shape index (κ2) is 5.92. The van der Waals surface area contributed by atoms with E-state index in [0.717, 1.165) is 31.2 Å². The number of hydrogen-bond donors (Lipinski definition) is 1. The fourth-order valence-electron chi connectivity index (χ4n) is 2.60. The summed E-state index contributed by atoms with van der Waals surface area (Å²) in [7, 11) is -1.51. The zero-order valence-electron chi connectivity index (χ0n) is 11.2. The minimum absolute atomic E-state index is 0.0187. The van der Waals surface area contributed by atoms with Crippen molar-refractivity contribution in [2.75, 3.05) is 12.9 Å². The van der Waals surface area contributed by atoms with Crippen molar-refractivity contribution in [3.05, 3.63) is 29.8 Å². The zero-order chi connectivity index (χ0) is 13.9. The molecule has 1 atom stereocenters. The molecule has 0 amide bonds. The van der Waals surface area contributed by atoms with E-state index in [1.54, 1.807) is 13.2 Å². The summed E-state index contributed by atoms with van der Waals surface area (Å²) in [6, 6.07) is 6.81. The van der Waals surface area contributed by atoms with Crippen LogP contribution < -0.4 is 10.5 Å². The quantitative estimate of drug-likeness (QED) is 0.898. The number of sulfone groups is 1. The first kappa shape index (κ1) is 14.3. The molecule has 0 radical (unpaired) electrons. The lowest BCUT2D eigenvalue weighted by Gasteiger charge is -2.16. The molecule has 0 aliphatic heterocycles. The van der Waals surface area contributed by atoms with Gasteiger partial charge in [0.15, 0.2) is 9.84 Å². The molecule has 0 bridgehead atoms. The third-order valence-corrected chi connectivity index (χ3v) is 6.05. The zero-order valence-corrected chi connectivity index (χ0v) is 12.0. The van der Waals surface area contributed by atoms with Crippen LogP contribution in [-0.4, -0.2) is 26.5 Å². The van der Waals surface area contributed by atoms with Gasteiger partial charge in [-0.2, -0.15) is 0 Å². The Morgan fingerprint density at radius 1 is 1.37 bits per heavy atom. The third-order valence-electron chi connectivity index (χ3n) is 3.74. The van der Waals surface area contributed by atoms with E-state index in [9.17, 15) is 8.42 Å². The van der Waals surface area contributed by atoms with Gasteiger partial charge < -0.3 is 10.5 Å². The normalized spacial score (nSPS) is 18.4. The highest BCUT2D eigenvalue weighted by Gasteiger charge is 2.30. The van der Waals surface area contributed by atoms with Crippen LogP contribution in [0.3, 0.4) is 0 Å². The molecule has 0 aromatic heterocycles. The van der Waals surface area contributed by atoms with Gasteiger partial charge in [-0.05, 0) is 30.5 Å². The molecule has 5 heteroatoms. The Morgan fingerprint density at radius 2 is 2.05 bits per heavy atom. The summed E-state index contributed by atoms with van der Waals surface area (Å²) in [5.41, 5.74) is 6.84. The molecule has 1 aromatic rings. The van der Waals surface area contributed by atoms with Gasteiger partial charge in [0, 0.05) is 6.04 Å². The minimum Gasteiger partial charge on any atom is -0.497 e. The van der Waals surface area contributed by atoms with Gasteiger partial charge in [-0.3, -0.25) is 0 Å². The van der Waals surface area contributed by atoms with Crippen molar-refractivity contribution >= 4 is 9.84 Å². The van der Waals surface area contributed by atoms with E-state index in [1.807, 2.05) is 18.2 Å². The average Bonchev–Trinajstić information content (AvgIpc) is 2.93. The number of benzene rings is 1. The molecule has 106 valence electrons. The van der Waals surface area contributed by atoms with Gasteiger partial charge in [0.25, 0.3) is 0 Å². The van der Waals surface area contributed by atoms with Crippen molar-refractivity contribution in [3.63, 3.8) is 0 Å². The van der Waals surface area contributed by atoms with Gasteiger partial charge in [-0.25, -0.2) is 8.42 Å². The van der Waals surface area contributed by atoms with E-state index in [4.69, 9.17) is 10.5 Å². The van der Waals surface area contributed by atoms with Crippen molar-refractivity contribution < 1.29 is 13.2 Å². The van der Waals surface area contributed by atoms with E-state index in [0.29, 0.717) is 5.75 Å². The molecule has 19 heavy (non-hydrogen) atoms. The van der Waals surface area contributed by atoms with Gasteiger partial charge in [0.05, 0.1) is 18.1 Å². The summed E-state index contributed by atoms with van der Waals surface area (Å²) in [6.45, 7) is 0. The third kappa shape index (κ3) is 3.48. The van der Waals surface area contributed by atoms with Crippen molar-refractivity contribution in [2.45, 2.75) is 37.0 Å². The maximum Gasteiger partial charge on any atom is 0.155 e. The Bertz CT molecular complexity index is 521. The molecule has 1 saturated carbocycles. The van der Waals surface area contributed by atoms with Crippen molar-refractivity contribution in [2.24, 2.45) is 5.73 Å². The maximum absolute atomic E-state index is 12.3. The Hall–Kier alpha value is -1.07. The molecule has 2 N–H and O–H groups in total. The summed E-state index contributed by atoms with van der Waals surface area (Å²) in [4.78, 5) is 0. The molecule has 0 heterocycles. The summed E-state index contributed by atoms with van der Waals surface area (Å²) >= 11 is 0. The van der Waals surface area contributed by atoms with Crippen molar-refractivity contribution in [1.29, 1.82) is 0 Å². The number of ether oxygens (including phenoxy) is 1. The van der Waals surface area contributed by atoms with E-state index < -0.39 is 15.9 Å². The van der Waals surface area contributed by atoms with Gasteiger partial charge in [0.2, 0.25) is 0 Å². The van der Waals surface area contributed by atoms with Crippen LogP contribution in [0.25, 0.3) is 0 Å². The fraction of sp³-hybridized carbons (Fsp3) is 0.571. The van der Waals surface area contributed by atoms with E-state index >= 15 is 0 Å². The van der Waals surface area contributed by atoms with E-state index in [2.05, 4.69) is 0 Å². The first-order chi connectivity index (χ1) is 9.03. The molecule has 4 nitrogen and oxygen atoms in total. The first-order valence-electron chi connectivity index (χ1n) is 6.64. The highest BCUT2D eigenvalue weighted by atomic mass is 32.2. The molecule has 1 unspecified atom stereocenters. The standard InChI is InChI=1S/C14H21NO3S/c1-18-12-6-4-5-11(9-12)14(15)10-19(16,17)13-7-2-3-8-13/h4-6,9,13-14H,2-3,7-8,10,15H2,1H3. The van der Waals surface area contributed by atoms with Crippen LogP contribution in [0.4, 0.5) is 0 Å². The van der Waals surface area contributed by atoms with E-state index in [1.165, 1.54) is 0 Å². The molecular formula is C14H21NO3S. The van der Waals surface area contributed by atoms with Crippen molar-refractivity contribution in [3.8, 4) is 5.75 Å². The van der Waals surface area contributed by atoms with E-state index in [-0.39, 0.29) is 11.0 Å². The summed E-state index contributed by atoms with van der Waals surface area (Å²) < 4.78 is 29.6. The van der Waals surface area contributed by atoms with Crippen LogP contribution in [0.15, 0.2) is 24.3 Å².